The van der Waals surface area contributed by atoms with Crippen molar-refractivity contribution in [3.05, 3.63) is 0 Å². The molecule has 0 aromatic rings. The third-order valence-electron chi connectivity index (χ3n) is 14.3. The summed E-state index contributed by atoms with van der Waals surface area (Å²) in [6, 6.07) is 0.613. The molecule has 1 rings (SSSR count). The molecule has 62 heavy (non-hydrogen) atoms. The number of rotatable bonds is 47. The predicted molar refractivity (Wildman–Crippen MR) is 269 cm³/mol. The summed E-state index contributed by atoms with van der Waals surface area (Å²) >= 11 is 0. The Balaban J connectivity index is 2.57. The van der Waals surface area contributed by atoms with Crippen LogP contribution in [0.3, 0.4) is 0 Å². The second-order valence-electron chi connectivity index (χ2n) is 20.2. The lowest BCUT2D eigenvalue weighted by molar-refractivity contribution is -0.145. The number of nitrogens with zero attached hydrogens (tertiary/aromatic N) is 2. The molecular formula is C56H110N2O4. The Kier molecular flexibility index (Phi) is 43.0. The summed E-state index contributed by atoms with van der Waals surface area (Å²) in [6.45, 7) is 15.0. The van der Waals surface area contributed by atoms with Gasteiger partial charge in [-0.25, -0.2) is 0 Å². The van der Waals surface area contributed by atoms with Gasteiger partial charge in [0.1, 0.15) is 5.78 Å². The minimum Gasteiger partial charge on any atom is -0.466 e. The summed E-state index contributed by atoms with van der Waals surface area (Å²) in [4.78, 5) is 31.4. The molecule has 2 atom stereocenters. The van der Waals surface area contributed by atoms with Crippen LogP contribution in [0.5, 0.6) is 0 Å². The number of hydrogen-bond acceptors (Lipinski definition) is 6. The number of aliphatic hydroxyl groups is 1. The topological polar surface area (TPSA) is 70.1 Å². The zero-order valence-electron chi connectivity index (χ0n) is 42.5. The minimum absolute atomic E-state index is 0.0256. The fraction of sp³-hybridized carbons (Fsp3) is 0.964. The molecule has 0 amide bonds. The summed E-state index contributed by atoms with van der Waals surface area (Å²) in [5, 5.41) is 9.97. The van der Waals surface area contributed by atoms with Gasteiger partial charge in [-0.3, -0.25) is 14.5 Å². The van der Waals surface area contributed by atoms with Gasteiger partial charge in [-0.1, -0.05) is 207 Å². The first kappa shape index (κ1) is 59.0. The lowest BCUT2D eigenvalue weighted by atomic mass is 9.89. The molecule has 0 aromatic heterocycles. The molecule has 1 saturated carbocycles. The largest absolute Gasteiger partial charge is 0.466 e. The number of Topliss-reactive ketones (excluding diaryl/α,β-unsaturated/α-hetero) is 1. The van der Waals surface area contributed by atoms with Gasteiger partial charge in [-0.2, -0.15) is 0 Å². The molecule has 6 nitrogen and oxygen atoms in total. The second kappa shape index (κ2) is 45.2. The van der Waals surface area contributed by atoms with Gasteiger partial charge in [-0.15, -0.1) is 0 Å². The van der Waals surface area contributed by atoms with Crippen LogP contribution in [0.4, 0.5) is 0 Å². The molecule has 1 N–H and O–H groups in total. The maximum atomic E-state index is 13.2. The Labute approximate surface area is 388 Å². The molecule has 0 aromatic carbocycles. The quantitative estimate of drug-likeness (QED) is 0.0373. The maximum Gasteiger partial charge on any atom is 0.306 e. The van der Waals surface area contributed by atoms with Crippen molar-refractivity contribution < 1.29 is 19.4 Å². The highest BCUT2D eigenvalue weighted by molar-refractivity contribution is 5.78. The number of aliphatic hydroxyl groups excluding tert-OH is 1. The molecule has 2 unspecified atom stereocenters. The first-order valence-corrected chi connectivity index (χ1v) is 28.2. The van der Waals surface area contributed by atoms with E-state index >= 15 is 0 Å². The van der Waals surface area contributed by atoms with Crippen molar-refractivity contribution in [1.29, 1.82) is 0 Å². The summed E-state index contributed by atoms with van der Waals surface area (Å²) in [5.41, 5.74) is 0. The van der Waals surface area contributed by atoms with E-state index in [-0.39, 0.29) is 12.6 Å². The van der Waals surface area contributed by atoms with Crippen LogP contribution in [-0.2, 0) is 14.3 Å². The summed E-state index contributed by atoms with van der Waals surface area (Å²) < 4.78 is 5.84. The van der Waals surface area contributed by atoms with Gasteiger partial charge in [0.25, 0.3) is 0 Å². The van der Waals surface area contributed by atoms with Gasteiger partial charge in [0.05, 0.1) is 13.2 Å². The fourth-order valence-electron chi connectivity index (χ4n) is 10.2. The Morgan fingerprint density at radius 1 is 0.484 bits per heavy atom. The van der Waals surface area contributed by atoms with Crippen LogP contribution in [0.1, 0.15) is 285 Å². The molecule has 1 aliphatic carbocycles. The van der Waals surface area contributed by atoms with Crippen LogP contribution in [0.25, 0.3) is 0 Å². The molecule has 0 heterocycles. The van der Waals surface area contributed by atoms with E-state index in [0.717, 1.165) is 77.7 Å². The second-order valence-corrected chi connectivity index (χ2v) is 20.2. The van der Waals surface area contributed by atoms with Gasteiger partial charge in [0, 0.05) is 44.9 Å². The van der Waals surface area contributed by atoms with E-state index < -0.39 is 0 Å². The van der Waals surface area contributed by atoms with E-state index in [2.05, 4.69) is 37.5 Å². The van der Waals surface area contributed by atoms with Gasteiger partial charge >= 0.3 is 5.97 Å². The van der Waals surface area contributed by atoms with Crippen LogP contribution in [0.2, 0.25) is 0 Å². The molecule has 0 spiro atoms. The van der Waals surface area contributed by atoms with E-state index in [0.29, 0.717) is 36.7 Å². The average Bonchev–Trinajstić information content (AvgIpc) is 3.56. The highest BCUT2D eigenvalue weighted by Gasteiger charge is 2.21. The minimum atomic E-state index is 0.0256. The Morgan fingerprint density at radius 3 is 1.44 bits per heavy atom. The number of carbonyl (C=O) groups is 2. The van der Waals surface area contributed by atoms with E-state index in [9.17, 15) is 14.7 Å². The highest BCUT2D eigenvalue weighted by atomic mass is 16.5. The fourth-order valence-corrected chi connectivity index (χ4v) is 10.2. The van der Waals surface area contributed by atoms with Crippen molar-refractivity contribution >= 4 is 11.8 Å². The van der Waals surface area contributed by atoms with Crippen LogP contribution in [0, 0.1) is 11.8 Å². The maximum absolute atomic E-state index is 13.2. The van der Waals surface area contributed by atoms with Crippen LogP contribution >= 0.6 is 0 Å². The van der Waals surface area contributed by atoms with Crippen molar-refractivity contribution in [2.45, 2.75) is 291 Å². The number of esters is 1. The van der Waals surface area contributed by atoms with Crippen molar-refractivity contribution in [1.82, 2.24) is 9.80 Å². The van der Waals surface area contributed by atoms with Gasteiger partial charge in [0.15, 0.2) is 0 Å². The van der Waals surface area contributed by atoms with Gasteiger partial charge in [0.2, 0.25) is 0 Å². The summed E-state index contributed by atoms with van der Waals surface area (Å²) in [7, 11) is 0. The van der Waals surface area contributed by atoms with Crippen molar-refractivity contribution in [2.75, 3.05) is 45.9 Å². The zero-order valence-corrected chi connectivity index (χ0v) is 42.5. The molecule has 0 bridgehead atoms. The lowest BCUT2D eigenvalue weighted by Crippen LogP contribution is -2.43. The Hall–Kier alpha value is -0.980. The first-order valence-electron chi connectivity index (χ1n) is 28.2. The number of carbonyl (C=O) groups excluding carboxylic acids is 2. The SMILES string of the molecule is CCCCCCCCC(CCCCCC)CC(=O)CCCCCCN(CCCCCOC(=O)CC(CCCCCC)CCCCCCCC)CCN(CCO)C1CCCCCC1. The van der Waals surface area contributed by atoms with Crippen LogP contribution in [-0.4, -0.2) is 78.6 Å². The normalized spacial score (nSPS) is 14.8. The van der Waals surface area contributed by atoms with Crippen molar-refractivity contribution in [3.8, 4) is 0 Å². The first-order chi connectivity index (χ1) is 30.5. The molecule has 0 saturated heterocycles. The Morgan fingerprint density at radius 2 is 0.919 bits per heavy atom. The van der Waals surface area contributed by atoms with Crippen molar-refractivity contribution in [2.24, 2.45) is 11.8 Å². The van der Waals surface area contributed by atoms with E-state index in [1.54, 1.807) is 0 Å². The number of ether oxygens (including phenoxy) is 1. The van der Waals surface area contributed by atoms with Gasteiger partial charge < -0.3 is 14.7 Å². The van der Waals surface area contributed by atoms with E-state index in [1.807, 2.05) is 0 Å². The summed E-state index contributed by atoms with van der Waals surface area (Å²) in [5.74, 6) is 1.63. The lowest BCUT2D eigenvalue weighted by Gasteiger charge is -2.33. The molecule has 1 aliphatic rings. The molecular weight excluding hydrogens is 765 g/mol. The number of unbranched alkanes of at least 4 members (excludes halogenated alkanes) is 21. The number of hydrogen-bond donors (Lipinski definition) is 1. The Bertz CT molecular complexity index is 894. The predicted octanol–water partition coefficient (Wildman–Crippen LogP) is 16.0. The smallest absolute Gasteiger partial charge is 0.306 e. The van der Waals surface area contributed by atoms with E-state index in [1.165, 1.54) is 205 Å². The molecule has 368 valence electrons. The molecule has 6 heteroatoms. The summed E-state index contributed by atoms with van der Waals surface area (Å²) in [6.07, 6.45) is 48.9. The van der Waals surface area contributed by atoms with Gasteiger partial charge in [-0.05, 0) is 82.7 Å². The average molecular weight is 876 g/mol. The standard InChI is InChI=1S/C56H110N2O4/c1-5-9-13-17-19-28-37-52(36-26-15-11-7-3)50-55(60)42-32-23-24-33-43-57(45-46-58(47-48-59)54-40-30-21-22-31-41-54)44-34-25-35-49-62-56(61)51-53(38-27-16-12-8-4)39-29-20-18-14-10-6-2/h52-54,59H,5-51H2,1-4H3. The molecule has 0 aliphatic heterocycles. The van der Waals surface area contributed by atoms with Crippen LogP contribution in [0.15, 0.2) is 0 Å². The molecule has 0 radical (unpaired) electrons. The van der Waals surface area contributed by atoms with Crippen molar-refractivity contribution in [3.63, 3.8) is 0 Å². The number of ketones is 1. The molecule has 1 fully saturated rings. The third-order valence-corrected chi connectivity index (χ3v) is 14.3. The third kappa shape index (κ3) is 36.3. The monoisotopic (exact) mass is 875 g/mol. The zero-order chi connectivity index (χ0) is 45.0. The van der Waals surface area contributed by atoms with E-state index in [4.69, 9.17) is 4.74 Å². The highest BCUT2D eigenvalue weighted by Crippen LogP contribution is 2.25. The van der Waals surface area contributed by atoms with Crippen LogP contribution < -0.4 is 0 Å².